The highest BCUT2D eigenvalue weighted by Gasteiger charge is 2.24. The second-order valence-corrected chi connectivity index (χ2v) is 13.8. The van der Waals surface area contributed by atoms with Crippen LogP contribution in [0.5, 0.6) is 0 Å². The van der Waals surface area contributed by atoms with Crippen molar-refractivity contribution in [2.45, 2.75) is 6.42 Å². The van der Waals surface area contributed by atoms with Gasteiger partial charge in [0, 0.05) is 40.5 Å². The minimum absolute atomic E-state index is 0.948. The molecule has 53 heavy (non-hydrogen) atoms. The summed E-state index contributed by atoms with van der Waals surface area (Å²) in [5.41, 5.74) is 14.5. The Bertz CT molecular complexity index is 2700. The van der Waals surface area contributed by atoms with E-state index in [1.54, 1.807) is 0 Å². The van der Waals surface area contributed by atoms with Crippen molar-refractivity contribution < 1.29 is 0 Å². The molecule has 0 aliphatic carbocycles. The van der Waals surface area contributed by atoms with Crippen molar-refractivity contribution in [3.05, 3.63) is 217 Å². The third-order valence-electron chi connectivity index (χ3n) is 10.6. The largest absolute Gasteiger partial charge is 0.310 e. The molecule has 1 aliphatic rings. The predicted octanol–water partition coefficient (Wildman–Crippen LogP) is 14.2. The lowest BCUT2D eigenvalue weighted by atomic mass is 9.94. The van der Waals surface area contributed by atoms with Gasteiger partial charge in [-0.2, -0.15) is 0 Å². The molecule has 0 N–H and O–H groups in total. The van der Waals surface area contributed by atoms with E-state index in [-0.39, 0.29) is 0 Å². The van der Waals surface area contributed by atoms with Crippen molar-refractivity contribution in [3.8, 4) is 22.3 Å². The maximum absolute atomic E-state index is 2.41. The molecule has 1 aliphatic heterocycles. The van der Waals surface area contributed by atoms with Gasteiger partial charge in [0.25, 0.3) is 0 Å². The molecule has 0 amide bonds. The average Bonchev–Trinajstić information content (AvgIpc) is 3.23. The maximum atomic E-state index is 2.41. The summed E-state index contributed by atoms with van der Waals surface area (Å²) in [5, 5.41) is 5.02. The van der Waals surface area contributed by atoms with E-state index in [9.17, 15) is 0 Å². The quantitative estimate of drug-likeness (QED) is 0.162. The Labute approximate surface area is 310 Å². The van der Waals surface area contributed by atoms with E-state index in [0.29, 0.717) is 0 Å². The highest BCUT2D eigenvalue weighted by atomic mass is 15.2. The molecule has 2 nitrogen and oxygen atoms in total. The first-order valence-corrected chi connectivity index (χ1v) is 18.3. The SMILES string of the molecule is c1ccc(-c2ccc(N(c3ccc(-c4cccc(N5c6ccccc6Cc6ccccc65)c4)cc3)c3ccc4c(ccc5ccccc54)c3)cc2)cc1. The Hall–Kier alpha value is -6.90. The lowest BCUT2D eigenvalue weighted by Crippen LogP contribution is -2.18. The van der Waals surface area contributed by atoms with Crippen LogP contribution in [0.1, 0.15) is 11.1 Å². The molecule has 2 heteroatoms. The zero-order valence-corrected chi connectivity index (χ0v) is 29.2. The third-order valence-corrected chi connectivity index (χ3v) is 10.6. The molecular formula is C51H36N2. The highest BCUT2D eigenvalue weighted by Crippen LogP contribution is 2.45. The molecule has 0 saturated carbocycles. The molecule has 250 valence electrons. The van der Waals surface area contributed by atoms with Crippen LogP contribution in [0.2, 0.25) is 0 Å². The fourth-order valence-corrected chi connectivity index (χ4v) is 8.02. The van der Waals surface area contributed by atoms with Crippen molar-refractivity contribution >= 4 is 55.7 Å². The van der Waals surface area contributed by atoms with Crippen LogP contribution in [0.4, 0.5) is 34.1 Å². The summed E-state index contributed by atoms with van der Waals surface area (Å²) >= 11 is 0. The monoisotopic (exact) mass is 676 g/mol. The number of fused-ring (bicyclic) bond motifs is 5. The first kappa shape index (κ1) is 30.9. The zero-order valence-electron chi connectivity index (χ0n) is 29.2. The van der Waals surface area contributed by atoms with Crippen molar-refractivity contribution in [1.29, 1.82) is 0 Å². The molecule has 0 unspecified atom stereocenters. The van der Waals surface area contributed by atoms with Crippen LogP contribution >= 0.6 is 0 Å². The Balaban J connectivity index is 1.04. The van der Waals surface area contributed by atoms with E-state index in [1.807, 2.05) is 0 Å². The van der Waals surface area contributed by atoms with E-state index in [1.165, 1.54) is 66.3 Å². The van der Waals surface area contributed by atoms with Crippen molar-refractivity contribution in [2.75, 3.05) is 9.80 Å². The number of rotatable bonds is 6. The van der Waals surface area contributed by atoms with Gasteiger partial charge in [-0.25, -0.2) is 0 Å². The van der Waals surface area contributed by atoms with Gasteiger partial charge in [-0.3, -0.25) is 0 Å². The van der Waals surface area contributed by atoms with Gasteiger partial charge in [-0.15, -0.1) is 0 Å². The Kier molecular flexibility index (Phi) is 7.58. The molecule has 0 saturated heterocycles. The summed E-state index contributed by atoms with van der Waals surface area (Å²) in [5.74, 6) is 0. The Morgan fingerprint density at radius 3 is 1.58 bits per heavy atom. The number of hydrogen-bond donors (Lipinski definition) is 0. The van der Waals surface area contributed by atoms with Crippen LogP contribution in [-0.2, 0) is 6.42 Å². The van der Waals surface area contributed by atoms with E-state index >= 15 is 0 Å². The molecule has 10 rings (SSSR count). The second kappa shape index (κ2) is 13.0. The first-order valence-electron chi connectivity index (χ1n) is 18.3. The third kappa shape index (κ3) is 5.62. The smallest absolute Gasteiger partial charge is 0.0497 e. The minimum Gasteiger partial charge on any atom is -0.310 e. The minimum atomic E-state index is 0.948. The maximum Gasteiger partial charge on any atom is 0.0497 e. The lowest BCUT2D eigenvalue weighted by molar-refractivity contribution is 1.09. The van der Waals surface area contributed by atoms with E-state index < -0.39 is 0 Å². The van der Waals surface area contributed by atoms with Gasteiger partial charge in [-0.1, -0.05) is 146 Å². The van der Waals surface area contributed by atoms with Crippen molar-refractivity contribution in [2.24, 2.45) is 0 Å². The summed E-state index contributed by atoms with van der Waals surface area (Å²) < 4.78 is 0. The molecule has 9 aromatic rings. The van der Waals surface area contributed by atoms with Crippen LogP contribution < -0.4 is 9.80 Å². The molecule has 9 aromatic carbocycles. The van der Waals surface area contributed by atoms with Gasteiger partial charge in [0.05, 0.1) is 0 Å². The number of hydrogen-bond acceptors (Lipinski definition) is 2. The van der Waals surface area contributed by atoms with Gasteiger partial charge in [0.2, 0.25) is 0 Å². The van der Waals surface area contributed by atoms with Crippen LogP contribution in [0.15, 0.2) is 206 Å². The standard InChI is InChI=1S/C51H36N2/c1-2-11-36(12-3-1)37-23-27-44(28-24-37)52(47-31-32-49-41(35-47)22-21-39-13-4-7-18-48(39)49)45-29-25-38(26-30-45)40-16-10-17-46(34-40)53-50-19-8-5-14-42(50)33-43-15-6-9-20-51(43)53/h1-32,34-35H,33H2. The molecule has 1 heterocycles. The van der Waals surface area contributed by atoms with E-state index in [4.69, 9.17) is 0 Å². The van der Waals surface area contributed by atoms with Gasteiger partial charge in [0.15, 0.2) is 0 Å². The highest BCUT2D eigenvalue weighted by molar-refractivity contribution is 6.08. The Morgan fingerprint density at radius 1 is 0.340 bits per heavy atom. The Morgan fingerprint density at radius 2 is 0.868 bits per heavy atom. The summed E-state index contributed by atoms with van der Waals surface area (Å²) in [4.78, 5) is 4.78. The molecule has 0 fully saturated rings. The first-order chi connectivity index (χ1) is 26.3. The van der Waals surface area contributed by atoms with E-state index in [2.05, 4.69) is 216 Å². The van der Waals surface area contributed by atoms with Gasteiger partial charge in [-0.05, 0) is 116 Å². The summed E-state index contributed by atoms with van der Waals surface area (Å²) in [6.07, 6.45) is 0.948. The molecule has 0 radical (unpaired) electrons. The van der Waals surface area contributed by atoms with Crippen LogP contribution in [0.3, 0.4) is 0 Å². The van der Waals surface area contributed by atoms with Gasteiger partial charge < -0.3 is 9.80 Å². The predicted molar refractivity (Wildman–Crippen MR) is 224 cm³/mol. The number of nitrogens with zero attached hydrogens (tertiary/aromatic N) is 2. The summed E-state index contributed by atoms with van der Waals surface area (Å²) in [7, 11) is 0. The second-order valence-electron chi connectivity index (χ2n) is 13.8. The van der Waals surface area contributed by atoms with Gasteiger partial charge in [0.1, 0.15) is 0 Å². The van der Waals surface area contributed by atoms with Crippen molar-refractivity contribution in [1.82, 2.24) is 0 Å². The fourth-order valence-electron chi connectivity index (χ4n) is 8.02. The topological polar surface area (TPSA) is 6.48 Å². The van der Waals surface area contributed by atoms with Crippen LogP contribution in [0.25, 0.3) is 43.8 Å². The molecule has 0 atom stereocenters. The fraction of sp³-hybridized carbons (Fsp3) is 0.0196. The van der Waals surface area contributed by atoms with E-state index in [0.717, 1.165) is 29.2 Å². The normalized spacial score (nSPS) is 12.0. The van der Waals surface area contributed by atoms with Crippen LogP contribution in [0, 0.1) is 0 Å². The summed E-state index contributed by atoms with van der Waals surface area (Å²) in [6.45, 7) is 0. The van der Waals surface area contributed by atoms with Gasteiger partial charge >= 0.3 is 0 Å². The number of benzene rings is 9. The molecule has 0 aromatic heterocycles. The summed E-state index contributed by atoms with van der Waals surface area (Å²) in [6, 6.07) is 74.9. The molecule has 0 spiro atoms. The molecular weight excluding hydrogens is 641 g/mol. The lowest BCUT2D eigenvalue weighted by Gasteiger charge is -2.33. The van der Waals surface area contributed by atoms with Crippen molar-refractivity contribution in [3.63, 3.8) is 0 Å². The number of anilines is 6. The van der Waals surface area contributed by atoms with Crippen LogP contribution in [-0.4, -0.2) is 0 Å². The zero-order chi connectivity index (χ0) is 35.1. The number of para-hydroxylation sites is 2. The average molecular weight is 677 g/mol. The molecule has 0 bridgehead atoms.